The monoisotopic (exact) mass is 287 g/mol. The van der Waals surface area contributed by atoms with Gasteiger partial charge in [0.15, 0.2) is 0 Å². The predicted octanol–water partition coefficient (Wildman–Crippen LogP) is 2.12. The molecule has 0 atom stereocenters. The van der Waals surface area contributed by atoms with Gasteiger partial charge in [-0.3, -0.25) is 14.9 Å². The zero-order valence-corrected chi connectivity index (χ0v) is 11.0. The molecule has 0 unspecified atom stereocenters. The highest BCUT2D eigenvalue weighted by molar-refractivity contribution is 5.36. The number of pyridine rings is 1. The van der Waals surface area contributed by atoms with Gasteiger partial charge in [-0.1, -0.05) is 0 Å². The molecule has 1 aromatic heterocycles. The quantitative estimate of drug-likeness (QED) is 0.639. The van der Waals surface area contributed by atoms with Crippen LogP contribution in [0.25, 0.3) is 0 Å². The molecule has 1 heterocycles. The van der Waals surface area contributed by atoms with Gasteiger partial charge in [-0.05, 0) is 24.6 Å². The lowest BCUT2D eigenvalue weighted by molar-refractivity contribution is -0.385. The van der Waals surface area contributed by atoms with E-state index in [-0.39, 0.29) is 23.4 Å². The molecule has 21 heavy (non-hydrogen) atoms. The number of nitrogens with zero attached hydrogens (tertiary/aromatic N) is 3. The molecule has 0 fully saturated rings. The highest BCUT2D eigenvalue weighted by atomic mass is 19.1. The highest BCUT2D eigenvalue weighted by Crippen LogP contribution is 2.17. The Morgan fingerprint density at radius 1 is 1.43 bits per heavy atom. The zero-order chi connectivity index (χ0) is 15.6. The van der Waals surface area contributed by atoms with E-state index < -0.39 is 16.3 Å². The first-order valence-corrected chi connectivity index (χ1v) is 5.97. The Morgan fingerprint density at radius 3 is 2.71 bits per heavy atom. The summed E-state index contributed by atoms with van der Waals surface area (Å²) >= 11 is 0. The van der Waals surface area contributed by atoms with Crippen LogP contribution in [-0.4, -0.2) is 9.49 Å². The maximum atomic E-state index is 13.8. The molecule has 2 rings (SSSR count). The molecule has 1 aromatic carbocycles. The van der Waals surface area contributed by atoms with Crippen molar-refractivity contribution in [1.82, 2.24) is 4.57 Å². The van der Waals surface area contributed by atoms with Gasteiger partial charge in [-0.25, -0.2) is 4.39 Å². The van der Waals surface area contributed by atoms with Crippen LogP contribution in [0.4, 0.5) is 10.1 Å². The minimum Gasteiger partial charge on any atom is -0.310 e. The summed E-state index contributed by atoms with van der Waals surface area (Å²) < 4.78 is 15.0. The van der Waals surface area contributed by atoms with Crippen LogP contribution in [0.5, 0.6) is 0 Å². The Morgan fingerprint density at radius 2 is 2.14 bits per heavy atom. The maximum Gasteiger partial charge on any atom is 0.272 e. The van der Waals surface area contributed by atoms with Gasteiger partial charge in [0.05, 0.1) is 17.5 Å². The third-order valence-electron chi connectivity index (χ3n) is 3.07. The summed E-state index contributed by atoms with van der Waals surface area (Å²) in [5.41, 5.74) is -0.196. The minimum atomic E-state index is -0.768. The molecular formula is C14H10FN3O3. The van der Waals surface area contributed by atoms with E-state index in [9.17, 15) is 19.3 Å². The third kappa shape index (κ3) is 2.79. The molecule has 0 saturated heterocycles. The van der Waals surface area contributed by atoms with E-state index in [2.05, 4.69) is 0 Å². The van der Waals surface area contributed by atoms with Gasteiger partial charge in [-0.2, -0.15) is 5.26 Å². The Labute approximate surface area is 118 Å². The van der Waals surface area contributed by atoms with Gasteiger partial charge < -0.3 is 4.57 Å². The molecule has 0 saturated carbocycles. The van der Waals surface area contributed by atoms with Crippen molar-refractivity contribution in [3.8, 4) is 6.07 Å². The van der Waals surface area contributed by atoms with Gasteiger partial charge in [-0.15, -0.1) is 0 Å². The van der Waals surface area contributed by atoms with Crippen molar-refractivity contribution >= 4 is 5.69 Å². The predicted molar refractivity (Wildman–Crippen MR) is 72.3 cm³/mol. The molecule has 6 nitrogen and oxygen atoms in total. The van der Waals surface area contributed by atoms with Crippen LogP contribution in [0.15, 0.2) is 35.3 Å². The number of nitriles is 1. The summed E-state index contributed by atoms with van der Waals surface area (Å²) in [6, 6.07) is 6.63. The number of benzene rings is 1. The number of hydrogen-bond acceptors (Lipinski definition) is 4. The molecule has 2 aromatic rings. The van der Waals surface area contributed by atoms with Crippen LogP contribution < -0.4 is 5.56 Å². The lowest BCUT2D eigenvalue weighted by atomic mass is 10.1. The minimum absolute atomic E-state index is 0.000167. The van der Waals surface area contributed by atoms with Crippen molar-refractivity contribution in [3.05, 3.63) is 73.4 Å². The average Bonchev–Trinajstić information content (AvgIpc) is 2.44. The number of non-ortho nitro benzene ring substituents is 1. The summed E-state index contributed by atoms with van der Waals surface area (Å²) in [5, 5.41) is 19.5. The molecule has 0 aliphatic rings. The summed E-state index contributed by atoms with van der Waals surface area (Å²) in [6.45, 7) is 1.54. The average molecular weight is 287 g/mol. The maximum absolute atomic E-state index is 13.8. The van der Waals surface area contributed by atoms with E-state index in [0.717, 1.165) is 6.07 Å². The number of hydrogen-bond donors (Lipinski definition) is 0. The van der Waals surface area contributed by atoms with Crippen molar-refractivity contribution in [3.63, 3.8) is 0 Å². The molecule has 7 heteroatoms. The van der Waals surface area contributed by atoms with E-state index >= 15 is 0 Å². The van der Waals surface area contributed by atoms with Crippen LogP contribution in [0, 0.1) is 34.2 Å². The molecule has 0 aliphatic heterocycles. The molecule has 0 spiro atoms. The van der Waals surface area contributed by atoms with Crippen molar-refractivity contribution < 1.29 is 9.31 Å². The first-order chi connectivity index (χ1) is 9.93. The SMILES string of the molecule is Cc1ccn(Cc2ccc([N+](=O)[O-])cc2F)c(=O)c1C#N. The fourth-order valence-electron chi connectivity index (χ4n) is 1.89. The summed E-state index contributed by atoms with van der Waals surface area (Å²) in [4.78, 5) is 21.9. The first-order valence-electron chi connectivity index (χ1n) is 5.97. The number of aryl methyl sites for hydroxylation is 1. The molecule has 0 bridgehead atoms. The Kier molecular flexibility index (Phi) is 3.80. The van der Waals surface area contributed by atoms with Crippen LogP contribution >= 0.6 is 0 Å². The van der Waals surface area contributed by atoms with Gasteiger partial charge in [0, 0.05) is 17.8 Å². The second kappa shape index (κ2) is 5.54. The Hall–Kier alpha value is -3.01. The molecule has 106 valence electrons. The van der Waals surface area contributed by atoms with Gasteiger partial charge in [0.25, 0.3) is 11.2 Å². The molecule has 0 N–H and O–H groups in total. The molecular weight excluding hydrogens is 277 g/mol. The number of rotatable bonds is 3. The van der Waals surface area contributed by atoms with Gasteiger partial charge >= 0.3 is 0 Å². The van der Waals surface area contributed by atoms with Crippen LogP contribution in [0.2, 0.25) is 0 Å². The lowest BCUT2D eigenvalue weighted by Gasteiger charge is -2.08. The third-order valence-corrected chi connectivity index (χ3v) is 3.07. The van der Waals surface area contributed by atoms with E-state index in [1.54, 1.807) is 13.0 Å². The number of halogens is 1. The van der Waals surface area contributed by atoms with Crippen molar-refractivity contribution in [1.29, 1.82) is 5.26 Å². The van der Waals surface area contributed by atoms with Crippen LogP contribution in [0.3, 0.4) is 0 Å². The fourth-order valence-corrected chi connectivity index (χ4v) is 1.89. The second-order valence-electron chi connectivity index (χ2n) is 4.45. The normalized spacial score (nSPS) is 10.1. The fraction of sp³-hybridized carbons (Fsp3) is 0.143. The summed E-state index contributed by atoms with van der Waals surface area (Å²) in [6.07, 6.45) is 1.46. The Bertz CT molecular complexity index is 821. The Balaban J connectivity index is 2.42. The number of aromatic nitrogens is 1. The summed E-state index contributed by atoms with van der Waals surface area (Å²) in [7, 11) is 0. The van der Waals surface area contributed by atoms with E-state index in [1.165, 1.54) is 22.9 Å². The molecule has 0 radical (unpaired) electrons. The highest BCUT2D eigenvalue weighted by Gasteiger charge is 2.13. The van der Waals surface area contributed by atoms with Crippen molar-refractivity contribution in [2.45, 2.75) is 13.5 Å². The largest absolute Gasteiger partial charge is 0.310 e. The molecule has 0 aliphatic carbocycles. The van der Waals surface area contributed by atoms with Gasteiger partial charge in [0.1, 0.15) is 17.4 Å². The number of nitro groups is 1. The summed E-state index contributed by atoms with van der Waals surface area (Å²) in [5.74, 6) is -0.768. The zero-order valence-electron chi connectivity index (χ0n) is 11.0. The van der Waals surface area contributed by atoms with Crippen LogP contribution in [-0.2, 0) is 6.54 Å². The van der Waals surface area contributed by atoms with E-state index in [0.29, 0.717) is 5.56 Å². The van der Waals surface area contributed by atoms with E-state index in [1.807, 2.05) is 6.07 Å². The van der Waals surface area contributed by atoms with Gasteiger partial charge in [0.2, 0.25) is 0 Å². The first kappa shape index (κ1) is 14.4. The van der Waals surface area contributed by atoms with Crippen molar-refractivity contribution in [2.75, 3.05) is 0 Å². The molecule has 0 amide bonds. The smallest absolute Gasteiger partial charge is 0.272 e. The number of nitro benzene ring substituents is 1. The van der Waals surface area contributed by atoms with E-state index in [4.69, 9.17) is 5.26 Å². The standard InChI is InChI=1S/C14H10FN3O3/c1-9-4-5-17(14(19)12(9)7-16)8-10-2-3-11(18(20)21)6-13(10)15/h2-6H,8H2,1H3. The topological polar surface area (TPSA) is 88.9 Å². The van der Waals surface area contributed by atoms with Crippen LogP contribution in [0.1, 0.15) is 16.7 Å². The van der Waals surface area contributed by atoms with Crippen molar-refractivity contribution in [2.24, 2.45) is 0 Å². The lowest BCUT2D eigenvalue weighted by Crippen LogP contribution is -2.23. The second-order valence-corrected chi connectivity index (χ2v) is 4.45.